The quantitative estimate of drug-likeness (QED) is 0.672. The number of nitrogens with zero attached hydrogens (tertiary/aromatic N) is 3. The molecule has 1 aromatic heterocycles. The minimum atomic E-state index is -0.265. The monoisotopic (exact) mass is 399 g/mol. The third kappa shape index (κ3) is 6.69. The lowest BCUT2D eigenvalue weighted by molar-refractivity contribution is -0.121. The molecule has 0 saturated carbocycles. The van der Waals surface area contributed by atoms with E-state index in [9.17, 15) is 9.18 Å². The molecule has 1 aliphatic heterocycles. The summed E-state index contributed by atoms with van der Waals surface area (Å²) >= 11 is 0. The second-order valence-electron chi connectivity index (χ2n) is 7.58. The summed E-state index contributed by atoms with van der Waals surface area (Å²) in [7, 11) is 0. The maximum Gasteiger partial charge on any atom is 0.220 e. The Labute approximate surface area is 171 Å². The normalized spacial score (nSPS) is 16.5. The number of rotatable bonds is 9. The molecule has 1 atom stereocenters. The summed E-state index contributed by atoms with van der Waals surface area (Å²) in [4.78, 5) is 23.2. The van der Waals surface area contributed by atoms with E-state index in [0.717, 1.165) is 62.5 Å². The molecule has 1 aromatic carbocycles. The molecule has 2 aromatic rings. The smallest absolute Gasteiger partial charge is 0.220 e. The minimum Gasteiger partial charge on any atom is -0.370 e. The van der Waals surface area contributed by atoms with Crippen LogP contribution in [0.5, 0.6) is 0 Å². The van der Waals surface area contributed by atoms with Crippen molar-refractivity contribution in [1.82, 2.24) is 15.3 Å². The average Bonchev–Trinajstić information content (AvgIpc) is 2.76. The van der Waals surface area contributed by atoms with E-state index in [1.165, 1.54) is 12.1 Å². The molecule has 156 valence electrons. The minimum absolute atomic E-state index is 0.0412. The van der Waals surface area contributed by atoms with Gasteiger partial charge in [-0.05, 0) is 49.3 Å². The van der Waals surface area contributed by atoms with Crippen molar-refractivity contribution in [3.05, 3.63) is 48.0 Å². The van der Waals surface area contributed by atoms with Crippen LogP contribution in [0.3, 0.4) is 0 Å². The molecule has 0 bridgehead atoms. The molecular weight excluding hydrogens is 369 g/mol. The number of nitrogens with one attached hydrogen (secondary N) is 2. The number of carbonyl (C=O) groups excluding carboxylic acids is 1. The van der Waals surface area contributed by atoms with E-state index >= 15 is 0 Å². The van der Waals surface area contributed by atoms with E-state index in [1.54, 1.807) is 18.5 Å². The number of anilines is 2. The Kier molecular flexibility index (Phi) is 7.78. The number of amides is 1. The molecule has 1 saturated heterocycles. The van der Waals surface area contributed by atoms with E-state index in [-0.39, 0.29) is 11.7 Å². The average molecular weight is 400 g/mol. The van der Waals surface area contributed by atoms with Gasteiger partial charge >= 0.3 is 0 Å². The van der Waals surface area contributed by atoms with Gasteiger partial charge in [0, 0.05) is 38.7 Å². The lowest BCUT2D eigenvalue weighted by atomic mass is 9.93. The first-order valence-corrected chi connectivity index (χ1v) is 10.5. The second kappa shape index (κ2) is 10.7. The number of halogens is 1. The molecule has 29 heavy (non-hydrogen) atoms. The van der Waals surface area contributed by atoms with Crippen LogP contribution in [0.15, 0.2) is 36.7 Å². The number of carbonyl (C=O) groups is 1. The standard InChI is InChI=1S/C22H30FN5O/c1-2-11-24-20-13-21(27-16-26-20)28-12-3-4-18(15-28)7-10-22(29)25-14-17-5-8-19(23)9-6-17/h5-6,8-9,13,16,18H,2-4,7,10-12,14-15H2,1H3,(H,25,29)(H,24,26,27). The summed E-state index contributed by atoms with van der Waals surface area (Å²) in [5.41, 5.74) is 0.903. The van der Waals surface area contributed by atoms with Crippen LogP contribution in [0.2, 0.25) is 0 Å². The summed E-state index contributed by atoms with van der Waals surface area (Å²) in [6.07, 6.45) is 6.26. The van der Waals surface area contributed by atoms with E-state index in [4.69, 9.17) is 0 Å². The predicted molar refractivity (Wildman–Crippen MR) is 113 cm³/mol. The van der Waals surface area contributed by atoms with Crippen LogP contribution in [-0.4, -0.2) is 35.5 Å². The third-order valence-corrected chi connectivity index (χ3v) is 5.23. The molecule has 1 aliphatic rings. The van der Waals surface area contributed by atoms with Crippen LogP contribution in [0.4, 0.5) is 16.0 Å². The van der Waals surface area contributed by atoms with E-state index in [1.807, 2.05) is 6.07 Å². The van der Waals surface area contributed by atoms with Gasteiger partial charge in [0.2, 0.25) is 5.91 Å². The molecule has 2 heterocycles. The maximum absolute atomic E-state index is 12.9. The van der Waals surface area contributed by atoms with E-state index in [2.05, 4.69) is 32.4 Å². The van der Waals surface area contributed by atoms with Crippen molar-refractivity contribution in [2.45, 2.75) is 45.6 Å². The highest BCUT2D eigenvalue weighted by Crippen LogP contribution is 2.25. The zero-order chi connectivity index (χ0) is 20.5. The van der Waals surface area contributed by atoms with Crippen LogP contribution in [0, 0.1) is 11.7 Å². The molecule has 6 nitrogen and oxygen atoms in total. The number of piperidine rings is 1. The molecule has 3 rings (SSSR count). The van der Waals surface area contributed by atoms with Gasteiger partial charge in [-0.15, -0.1) is 0 Å². The third-order valence-electron chi connectivity index (χ3n) is 5.23. The summed E-state index contributed by atoms with van der Waals surface area (Å²) in [6, 6.07) is 8.22. The van der Waals surface area contributed by atoms with Crippen LogP contribution in [-0.2, 0) is 11.3 Å². The first kappa shape index (κ1) is 21.0. The van der Waals surface area contributed by atoms with Crippen LogP contribution >= 0.6 is 0 Å². The zero-order valence-corrected chi connectivity index (χ0v) is 17.0. The van der Waals surface area contributed by atoms with Gasteiger partial charge in [-0.25, -0.2) is 14.4 Å². The number of hydrogen-bond donors (Lipinski definition) is 2. The fourth-order valence-corrected chi connectivity index (χ4v) is 3.61. The second-order valence-corrected chi connectivity index (χ2v) is 7.58. The highest BCUT2D eigenvalue weighted by atomic mass is 19.1. The van der Waals surface area contributed by atoms with Gasteiger partial charge in [0.1, 0.15) is 23.8 Å². The van der Waals surface area contributed by atoms with Gasteiger partial charge < -0.3 is 15.5 Å². The molecule has 0 radical (unpaired) electrons. The number of benzene rings is 1. The highest BCUT2D eigenvalue weighted by molar-refractivity contribution is 5.75. The topological polar surface area (TPSA) is 70.2 Å². The predicted octanol–water partition coefficient (Wildman–Crippen LogP) is 3.75. The largest absolute Gasteiger partial charge is 0.370 e. The van der Waals surface area contributed by atoms with Crippen molar-refractivity contribution in [3.63, 3.8) is 0 Å². The van der Waals surface area contributed by atoms with E-state index in [0.29, 0.717) is 18.9 Å². The van der Waals surface area contributed by atoms with Crippen molar-refractivity contribution < 1.29 is 9.18 Å². The first-order valence-electron chi connectivity index (χ1n) is 10.5. The summed E-state index contributed by atoms with van der Waals surface area (Å²) in [6.45, 7) is 5.35. The lowest BCUT2D eigenvalue weighted by Crippen LogP contribution is -2.36. The Balaban J connectivity index is 1.44. The van der Waals surface area contributed by atoms with Gasteiger partial charge in [-0.3, -0.25) is 4.79 Å². The Morgan fingerprint density at radius 2 is 2.10 bits per heavy atom. The Morgan fingerprint density at radius 1 is 1.28 bits per heavy atom. The highest BCUT2D eigenvalue weighted by Gasteiger charge is 2.22. The van der Waals surface area contributed by atoms with Crippen molar-refractivity contribution in [3.8, 4) is 0 Å². The summed E-state index contributed by atoms with van der Waals surface area (Å²) < 4.78 is 12.9. The SMILES string of the molecule is CCCNc1cc(N2CCCC(CCC(=O)NCc3ccc(F)cc3)C2)ncn1. The van der Waals surface area contributed by atoms with Crippen molar-refractivity contribution >= 4 is 17.5 Å². The van der Waals surface area contributed by atoms with E-state index < -0.39 is 0 Å². The fourth-order valence-electron chi connectivity index (χ4n) is 3.61. The first-order chi connectivity index (χ1) is 14.1. The van der Waals surface area contributed by atoms with Gasteiger partial charge in [-0.2, -0.15) is 0 Å². The summed E-state index contributed by atoms with van der Waals surface area (Å²) in [5, 5.41) is 6.23. The lowest BCUT2D eigenvalue weighted by Gasteiger charge is -2.33. The Bertz CT molecular complexity index is 783. The van der Waals surface area contributed by atoms with Gasteiger partial charge in [0.15, 0.2) is 0 Å². The van der Waals surface area contributed by atoms with Crippen LogP contribution < -0.4 is 15.5 Å². The van der Waals surface area contributed by atoms with Crippen molar-refractivity contribution in [2.75, 3.05) is 29.9 Å². The Morgan fingerprint density at radius 3 is 2.90 bits per heavy atom. The summed E-state index contributed by atoms with van der Waals surface area (Å²) in [5.74, 6) is 2.06. The molecule has 2 N–H and O–H groups in total. The zero-order valence-electron chi connectivity index (χ0n) is 17.0. The molecule has 0 spiro atoms. The van der Waals surface area contributed by atoms with Crippen LogP contribution in [0.1, 0.15) is 44.6 Å². The van der Waals surface area contributed by atoms with Crippen LogP contribution in [0.25, 0.3) is 0 Å². The fraction of sp³-hybridized carbons (Fsp3) is 0.500. The number of hydrogen-bond acceptors (Lipinski definition) is 5. The molecule has 1 unspecified atom stereocenters. The van der Waals surface area contributed by atoms with Crippen molar-refractivity contribution in [2.24, 2.45) is 5.92 Å². The Hall–Kier alpha value is -2.70. The van der Waals surface area contributed by atoms with Gasteiger partial charge in [0.25, 0.3) is 0 Å². The molecule has 0 aliphatic carbocycles. The van der Waals surface area contributed by atoms with Gasteiger partial charge in [0.05, 0.1) is 0 Å². The molecule has 1 fully saturated rings. The van der Waals surface area contributed by atoms with Gasteiger partial charge in [-0.1, -0.05) is 19.1 Å². The molecular formula is C22H30FN5O. The van der Waals surface area contributed by atoms with Crippen molar-refractivity contribution in [1.29, 1.82) is 0 Å². The maximum atomic E-state index is 12.9. The molecule has 1 amide bonds. The number of aromatic nitrogens is 2. The molecule has 7 heteroatoms.